The number of hydrogen-bond donors (Lipinski definition) is 1. The number of fused-ring (bicyclic) bond motifs is 1. The summed E-state index contributed by atoms with van der Waals surface area (Å²) in [7, 11) is 2.02. The lowest BCUT2D eigenvalue weighted by Crippen LogP contribution is -2.17. The quantitative estimate of drug-likeness (QED) is 0.729. The zero-order valence-corrected chi connectivity index (χ0v) is 10.7. The summed E-state index contributed by atoms with van der Waals surface area (Å²) in [5, 5.41) is 1.03. The van der Waals surface area contributed by atoms with Gasteiger partial charge in [0.05, 0.1) is 11.6 Å². The molecule has 3 rings (SSSR count). The lowest BCUT2D eigenvalue weighted by molar-refractivity contribution is 0.615. The molecule has 0 fully saturated rings. The summed E-state index contributed by atoms with van der Waals surface area (Å²) < 4.78 is 5.39. The van der Waals surface area contributed by atoms with Gasteiger partial charge in [-0.05, 0) is 29.8 Å². The van der Waals surface area contributed by atoms with E-state index in [-0.39, 0.29) is 0 Å². The third kappa shape index (κ3) is 2.25. The summed E-state index contributed by atoms with van der Waals surface area (Å²) in [5.41, 5.74) is 8.52. The molecule has 0 unspecified atom stereocenters. The van der Waals surface area contributed by atoms with E-state index >= 15 is 0 Å². The Balaban J connectivity index is 1.89. The second-order valence-electron chi connectivity index (χ2n) is 4.56. The molecule has 2 heterocycles. The molecule has 0 bridgehead atoms. The first-order chi connectivity index (χ1) is 9.24. The van der Waals surface area contributed by atoms with Crippen molar-refractivity contribution < 1.29 is 4.42 Å². The number of nitrogens with two attached hydrogens (primary N) is 1. The Morgan fingerprint density at radius 2 is 1.95 bits per heavy atom. The fourth-order valence-corrected chi connectivity index (χ4v) is 2.16. The predicted molar refractivity (Wildman–Crippen MR) is 77.0 cm³/mol. The third-order valence-electron chi connectivity index (χ3n) is 3.12. The van der Waals surface area contributed by atoms with Crippen LogP contribution in [0.4, 0.5) is 11.5 Å². The van der Waals surface area contributed by atoms with Crippen LogP contribution in [-0.4, -0.2) is 12.0 Å². The molecule has 4 heteroatoms. The highest BCUT2D eigenvalue weighted by molar-refractivity contribution is 5.88. The van der Waals surface area contributed by atoms with E-state index in [0.29, 0.717) is 0 Å². The molecule has 2 N–H and O–H groups in total. The van der Waals surface area contributed by atoms with Crippen LogP contribution in [-0.2, 0) is 6.54 Å². The number of rotatable bonds is 3. The molecule has 0 atom stereocenters. The molecule has 0 saturated carbocycles. The van der Waals surface area contributed by atoms with Gasteiger partial charge in [-0.1, -0.05) is 12.1 Å². The zero-order chi connectivity index (χ0) is 13.2. The van der Waals surface area contributed by atoms with Crippen LogP contribution >= 0.6 is 0 Å². The second-order valence-corrected chi connectivity index (χ2v) is 4.56. The summed E-state index contributed by atoms with van der Waals surface area (Å²) >= 11 is 0. The van der Waals surface area contributed by atoms with Gasteiger partial charge < -0.3 is 15.1 Å². The van der Waals surface area contributed by atoms with Crippen molar-refractivity contribution in [3.05, 3.63) is 54.4 Å². The normalized spacial score (nSPS) is 10.8. The Bertz CT molecular complexity index is 688. The third-order valence-corrected chi connectivity index (χ3v) is 3.12. The van der Waals surface area contributed by atoms with Crippen LogP contribution in [0.2, 0.25) is 0 Å². The largest absolute Gasteiger partial charge is 0.464 e. The van der Waals surface area contributed by atoms with E-state index in [1.165, 1.54) is 5.56 Å². The summed E-state index contributed by atoms with van der Waals surface area (Å²) in [6.45, 7) is 0.775. The van der Waals surface area contributed by atoms with E-state index in [1.807, 2.05) is 43.4 Å². The van der Waals surface area contributed by atoms with E-state index in [2.05, 4.69) is 9.88 Å². The molecule has 19 heavy (non-hydrogen) atoms. The molecule has 3 aromatic rings. The minimum atomic E-state index is 0.775. The van der Waals surface area contributed by atoms with E-state index < -0.39 is 0 Å². The molecule has 0 aliphatic rings. The van der Waals surface area contributed by atoms with Gasteiger partial charge >= 0.3 is 0 Å². The average Bonchev–Trinajstić information content (AvgIpc) is 2.89. The van der Waals surface area contributed by atoms with Crippen LogP contribution in [0.25, 0.3) is 11.0 Å². The topological polar surface area (TPSA) is 55.3 Å². The first kappa shape index (κ1) is 11.6. The molecule has 4 nitrogen and oxygen atoms in total. The molecule has 0 amide bonds. The van der Waals surface area contributed by atoms with Crippen LogP contribution < -0.4 is 10.6 Å². The van der Waals surface area contributed by atoms with Gasteiger partial charge in [0.25, 0.3) is 0 Å². The standard InChI is InChI=1S/C15H15N3O/c1-18(10-11-2-4-12(16)5-3-11)15-13-7-9-19-14(13)6-8-17-15/h2-9H,10,16H2,1H3. The Hall–Kier alpha value is -2.49. The minimum absolute atomic E-state index is 0.775. The molecular formula is C15H15N3O. The number of hydrogen-bond acceptors (Lipinski definition) is 4. The highest BCUT2D eigenvalue weighted by Gasteiger charge is 2.09. The zero-order valence-electron chi connectivity index (χ0n) is 10.7. The van der Waals surface area contributed by atoms with Gasteiger partial charge in [0.15, 0.2) is 0 Å². The van der Waals surface area contributed by atoms with E-state index in [1.54, 1.807) is 12.5 Å². The molecule has 96 valence electrons. The average molecular weight is 253 g/mol. The number of nitrogen functional groups attached to an aromatic ring is 1. The minimum Gasteiger partial charge on any atom is -0.464 e. The van der Waals surface area contributed by atoms with Gasteiger partial charge in [-0.3, -0.25) is 0 Å². The van der Waals surface area contributed by atoms with Crippen LogP contribution in [0.1, 0.15) is 5.56 Å². The van der Waals surface area contributed by atoms with Crippen molar-refractivity contribution in [2.75, 3.05) is 17.7 Å². The monoisotopic (exact) mass is 253 g/mol. The van der Waals surface area contributed by atoms with Crippen LogP contribution in [0.5, 0.6) is 0 Å². The van der Waals surface area contributed by atoms with Crippen LogP contribution in [0.3, 0.4) is 0 Å². The summed E-state index contributed by atoms with van der Waals surface area (Å²) in [6.07, 6.45) is 3.45. The lowest BCUT2D eigenvalue weighted by atomic mass is 10.2. The Morgan fingerprint density at radius 1 is 1.16 bits per heavy atom. The summed E-state index contributed by atoms with van der Waals surface area (Å²) in [5.74, 6) is 0.920. The van der Waals surface area contributed by atoms with Crippen molar-refractivity contribution in [3.63, 3.8) is 0 Å². The summed E-state index contributed by atoms with van der Waals surface area (Å²) in [6, 6.07) is 11.7. The van der Waals surface area contributed by atoms with Crippen LogP contribution in [0, 0.1) is 0 Å². The highest BCUT2D eigenvalue weighted by Crippen LogP contribution is 2.25. The lowest BCUT2D eigenvalue weighted by Gasteiger charge is -2.18. The van der Waals surface area contributed by atoms with Gasteiger partial charge in [0.1, 0.15) is 11.4 Å². The molecule has 1 aromatic carbocycles. The van der Waals surface area contributed by atoms with Crippen molar-refractivity contribution in [2.45, 2.75) is 6.54 Å². The maximum absolute atomic E-state index is 5.69. The van der Waals surface area contributed by atoms with Crippen molar-refractivity contribution in [3.8, 4) is 0 Å². The highest BCUT2D eigenvalue weighted by atomic mass is 16.3. The first-order valence-electron chi connectivity index (χ1n) is 6.12. The van der Waals surface area contributed by atoms with Gasteiger partial charge in [-0.2, -0.15) is 0 Å². The molecular weight excluding hydrogens is 238 g/mol. The van der Waals surface area contributed by atoms with E-state index in [4.69, 9.17) is 10.2 Å². The first-order valence-corrected chi connectivity index (χ1v) is 6.12. The van der Waals surface area contributed by atoms with Crippen molar-refractivity contribution in [2.24, 2.45) is 0 Å². The molecule has 0 saturated heterocycles. The number of furan rings is 1. The number of aromatic nitrogens is 1. The molecule has 0 aliphatic carbocycles. The molecule has 2 aromatic heterocycles. The molecule has 0 radical (unpaired) electrons. The number of nitrogens with zero attached hydrogens (tertiary/aromatic N) is 2. The van der Waals surface area contributed by atoms with Gasteiger partial charge in [-0.15, -0.1) is 0 Å². The number of benzene rings is 1. The van der Waals surface area contributed by atoms with E-state index in [9.17, 15) is 0 Å². The van der Waals surface area contributed by atoms with Gasteiger partial charge in [-0.25, -0.2) is 4.98 Å². The Morgan fingerprint density at radius 3 is 2.74 bits per heavy atom. The molecule has 0 aliphatic heterocycles. The Labute approximate surface area is 111 Å². The fourth-order valence-electron chi connectivity index (χ4n) is 2.16. The predicted octanol–water partition coefficient (Wildman–Crippen LogP) is 3.05. The van der Waals surface area contributed by atoms with Gasteiger partial charge in [0.2, 0.25) is 0 Å². The summed E-state index contributed by atoms with van der Waals surface area (Å²) in [4.78, 5) is 6.53. The van der Waals surface area contributed by atoms with Gasteiger partial charge in [0, 0.05) is 25.5 Å². The smallest absolute Gasteiger partial charge is 0.139 e. The van der Waals surface area contributed by atoms with Crippen molar-refractivity contribution >= 4 is 22.5 Å². The fraction of sp³-hybridized carbons (Fsp3) is 0.133. The van der Waals surface area contributed by atoms with Crippen molar-refractivity contribution in [1.82, 2.24) is 4.98 Å². The maximum atomic E-state index is 5.69. The number of pyridine rings is 1. The molecule has 0 spiro atoms. The van der Waals surface area contributed by atoms with Crippen molar-refractivity contribution in [1.29, 1.82) is 0 Å². The second kappa shape index (κ2) is 4.65. The van der Waals surface area contributed by atoms with E-state index in [0.717, 1.165) is 29.0 Å². The number of anilines is 2. The van der Waals surface area contributed by atoms with Crippen LogP contribution in [0.15, 0.2) is 53.3 Å². The Kier molecular flexibility index (Phi) is 2.83. The SMILES string of the molecule is CN(Cc1ccc(N)cc1)c1nccc2occc12. The maximum Gasteiger partial charge on any atom is 0.139 e.